The first-order valence-corrected chi connectivity index (χ1v) is 18.8. The number of amides is 2. The highest BCUT2D eigenvalue weighted by Crippen LogP contribution is 2.43. The summed E-state index contributed by atoms with van der Waals surface area (Å²) in [6, 6.07) is 16.2. The quantitative estimate of drug-likeness (QED) is 0.112. The topological polar surface area (TPSA) is 147 Å². The van der Waals surface area contributed by atoms with E-state index in [-0.39, 0.29) is 43.1 Å². The first kappa shape index (κ1) is 40.0. The molecule has 6 rings (SSSR count). The molecule has 0 saturated carbocycles. The van der Waals surface area contributed by atoms with E-state index in [4.69, 9.17) is 54.4 Å². The third-order valence-corrected chi connectivity index (χ3v) is 10.2. The summed E-state index contributed by atoms with van der Waals surface area (Å²) in [7, 11) is 1.47. The number of rotatable bonds is 12. The minimum atomic E-state index is -0.744. The van der Waals surface area contributed by atoms with Gasteiger partial charge in [0.1, 0.15) is 11.2 Å². The molecule has 0 aliphatic carbocycles. The highest BCUT2D eigenvalue weighted by molar-refractivity contribution is 6.39. The van der Waals surface area contributed by atoms with E-state index in [1.807, 2.05) is 36.4 Å². The van der Waals surface area contributed by atoms with Gasteiger partial charge in [-0.1, -0.05) is 71.2 Å². The molecule has 1 saturated heterocycles. The molecule has 288 valence electrons. The molecule has 1 fully saturated rings. The molecule has 3 N–H and O–H groups in total. The molecular formula is C40H41Cl3N6O6. The number of fused-ring (bicyclic) bond motifs is 1. The fraction of sp³-hybridized carbons (Fsp3) is 0.325. The number of hydrogen-bond acceptors (Lipinski definition) is 9. The molecule has 12 nitrogen and oxygen atoms in total. The van der Waals surface area contributed by atoms with Crippen molar-refractivity contribution in [2.75, 3.05) is 26.8 Å². The molecule has 55 heavy (non-hydrogen) atoms. The van der Waals surface area contributed by atoms with Crippen LogP contribution in [0.15, 0.2) is 71.8 Å². The number of methoxy groups -OCH3 is 1. The number of carbonyl (C=O) groups excluding carboxylic acids is 2. The van der Waals surface area contributed by atoms with Crippen molar-refractivity contribution in [3.8, 4) is 39.4 Å². The second kappa shape index (κ2) is 17.0. The zero-order chi connectivity index (χ0) is 39.4. The van der Waals surface area contributed by atoms with Crippen molar-refractivity contribution in [3.05, 3.63) is 104 Å². The zero-order valence-electron chi connectivity index (χ0n) is 30.8. The fourth-order valence-corrected chi connectivity index (χ4v) is 7.28. The average molecular weight is 808 g/mol. The minimum Gasteiger partial charge on any atom is -0.481 e. The van der Waals surface area contributed by atoms with Crippen molar-refractivity contribution < 1.29 is 24.2 Å². The van der Waals surface area contributed by atoms with Crippen molar-refractivity contribution in [2.45, 2.75) is 58.3 Å². The van der Waals surface area contributed by atoms with E-state index >= 15 is 0 Å². The van der Waals surface area contributed by atoms with Gasteiger partial charge in [-0.3, -0.25) is 14.0 Å². The number of nitrogens with one attached hydrogen (secondary N) is 2. The van der Waals surface area contributed by atoms with Crippen LogP contribution in [0.3, 0.4) is 0 Å². The van der Waals surface area contributed by atoms with E-state index in [0.29, 0.717) is 85.7 Å². The summed E-state index contributed by atoms with van der Waals surface area (Å²) < 4.78 is 12.9. The van der Waals surface area contributed by atoms with Crippen molar-refractivity contribution in [1.82, 2.24) is 29.9 Å². The van der Waals surface area contributed by atoms with Gasteiger partial charge in [-0.15, -0.1) is 0 Å². The highest BCUT2D eigenvalue weighted by atomic mass is 35.5. The number of aliphatic hydroxyl groups excluding tert-OH is 1. The van der Waals surface area contributed by atoms with E-state index in [9.17, 15) is 14.4 Å². The van der Waals surface area contributed by atoms with Crippen LogP contribution in [0.1, 0.15) is 44.7 Å². The van der Waals surface area contributed by atoms with Gasteiger partial charge in [0.25, 0.3) is 5.56 Å². The maximum Gasteiger partial charge on any atom is 0.410 e. The summed E-state index contributed by atoms with van der Waals surface area (Å²) in [5, 5.41) is 16.1. The summed E-state index contributed by atoms with van der Waals surface area (Å²) in [6.45, 7) is 6.22. The Bertz CT molecular complexity index is 2310. The van der Waals surface area contributed by atoms with Crippen LogP contribution in [0.5, 0.6) is 5.88 Å². The number of ether oxygens (including phenoxy) is 2. The summed E-state index contributed by atoms with van der Waals surface area (Å²) >= 11 is 21.2. The molecule has 5 aromatic rings. The van der Waals surface area contributed by atoms with Gasteiger partial charge in [-0.2, -0.15) is 0 Å². The Kier molecular flexibility index (Phi) is 12.3. The van der Waals surface area contributed by atoms with Crippen molar-refractivity contribution in [3.63, 3.8) is 0 Å². The first-order valence-electron chi connectivity index (χ1n) is 17.7. The van der Waals surface area contributed by atoms with Gasteiger partial charge in [0, 0.05) is 72.3 Å². The molecule has 2 aromatic carbocycles. The Balaban J connectivity index is 1.31. The van der Waals surface area contributed by atoms with Crippen molar-refractivity contribution in [1.29, 1.82) is 0 Å². The smallest absolute Gasteiger partial charge is 0.410 e. The predicted octanol–water partition coefficient (Wildman–Crippen LogP) is 7.16. The van der Waals surface area contributed by atoms with Gasteiger partial charge in [0.15, 0.2) is 0 Å². The lowest BCUT2D eigenvalue weighted by Crippen LogP contribution is -2.43. The molecule has 0 unspecified atom stereocenters. The molecule has 2 amide bonds. The Labute approximate surface area is 333 Å². The summed E-state index contributed by atoms with van der Waals surface area (Å²) in [4.78, 5) is 49.1. The monoisotopic (exact) mass is 806 g/mol. The van der Waals surface area contributed by atoms with Crippen LogP contribution < -0.4 is 20.9 Å². The molecule has 1 atom stereocenters. The number of pyridine rings is 2. The lowest BCUT2D eigenvalue weighted by molar-refractivity contribution is -0.119. The van der Waals surface area contributed by atoms with Gasteiger partial charge in [0.05, 0.1) is 46.6 Å². The van der Waals surface area contributed by atoms with Crippen LogP contribution in [-0.2, 0) is 22.6 Å². The number of carbonyl (C=O) groups is 2. The maximum absolute atomic E-state index is 13.3. The molecule has 0 radical (unpaired) electrons. The number of aromatic nitrogens is 3. The van der Waals surface area contributed by atoms with E-state index in [2.05, 4.69) is 15.6 Å². The standard InChI is InChI=1S/C40H41Cl3N6O6/c1-40(2,3)55-39(53)48(21-25-11-12-34(51)46-25)22-30-31(41)18-32(47-37(30)54-4)29-10-6-9-28(36(29)43)27-8-5-7-26(35(27)42)23-13-15-49-33(17-23)45-20-24(38(49)52)19-44-14-16-50/h5-10,13,15,17-18,20,25,44,50H,11-12,14,16,19,21-22H2,1-4H3,(H,46,51)/t25-/m0/s1. The van der Waals surface area contributed by atoms with E-state index in [1.54, 1.807) is 45.2 Å². The number of aliphatic hydroxyl groups is 1. The number of benzene rings is 2. The Morgan fingerprint density at radius 3 is 2.38 bits per heavy atom. The molecule has 3 aromatic heterocycles. The van der Waals surface area contributed by atoms with Crippen molar-refractivity contribution >= 4 is 52.5 Å². The van der Waals surface area contributed by atoms with Gasteiger partial charge < -0.3 is 30.1 Å². The fourth-order valence-electron chi connectivity index (χ4n) is 6.37. The van der Waals surface area contributed by atoms with E-state index in [0.717, 1.165) is 5.56 Å². The Hall–Kier alpha value is -4.72. The zero-order valence-corrected chi connectivity index (χ0v) is 33.1. The predicted molar refractivity (Wildman–Crippen MR) is 214 cm³/mol. The lowest BCUT2D eigenvalue weighted by Gasteiger charge is -2.29. The van der Waals surface area contributed by atoms with Crippen LogP contribution in [-0.4, -0.2) is 74.8 Å². The van der Waals surface area contributed by atoms with Gasteiger partial charge in [0.2, 0.25) is 11.8 Å². The Morgan fingerprint density at radius 1 is 1.04 bits per heavy atom. The third-order valence-electron chi connectivity index (χ3n) is 9.01. The van der Waals surface area contributed by atoms with E-state index < -0.39 is 11.7 Å². The number of halogens is 3. The van der Waals surface area contributed by atoms with Crippen LogP contribution >= 0.6 is 34.8 Å². The number of hydrogen-bond donors (Lipinski definition) is 3. The van der Waals surface area contributed by atoms with E-state index in [1.165, 1.54) is 22.6 Å². The van der Waals surface area contributed by atoms with Crippen LogP contribution in [0.2, 0.25) is 15.1 Å². The molecule has 0 spiro atoms. The molecule has 0 bridgehead atoms. The number of nitrogens with zero attached hydrogens (tertiary/aromatic N) is 4. The molecule has 4 heterocycles. The normalized spacial score (nSPS) is 14.3. The molecule has 15 heteroatoms. The second-order valence-corrected chi connectivity index (χ2v) is 15.3. The van der Waals surface area contributed by atoms with Gasteiger partial charge >= 0.3 is 6.09 Å². The molecule has 1 aliphatic rings. The first-order chi connectivity index (χ1) is 26.3. The second-order valence-electron chi connectivity index (χ2n) is 14.1. The molecular weight excluding hydrogens is 767 g/mol. The lowest BCUT2D eigenvalue weighted by atomic mass is 9.97. The van der Waals surface area contributed by atoms with Crippen LogP contribution in [0.25, 0.3) is 39.2 Å². The third kappa shape index (κ3) is 9.06. The Morgan fingerprint density at radius 2 is 1.73 bits per heavy atom. The largest absolute Gasteiger partial charge is 0.481 e. The summed E-state index contributed by atoms with van der Waals surface area (Å²) in [6.07, 6.45) is 3.62. The minimum absolute atomic E-state index is 0.0225. The van der Waals surface area contributed by atoms with Crippen LogP contribution in [0.4, 0.5) is 4.79 Å². The SMILES string of the molecule is COc1nc(-c2cccc(-c3cccc(-c4ccn5c(=O)c(CNCCO)cnc5c4)c3Cl)c2Cl)cc(Cl)c1CN(C[C@@H]1CCC(=O)N1)C(=O)OC(C)(C)C. The summed E-state index contributed by atoms with van der Waals surface area (Å²) in [5.41, 5.74) is 4.25. The maximum atomic E-state index is 13.3. The highest BCUT2D eigenvalue weighted by Gasteiger charge is 2.30. The van der Waals surface area contributed by atoms with Crippen LogP contribution in [0, 0.1) is 0 Å². The average Bonchev–Trinajstić information content (AvgIpc) is 3.56. The van der Waals surface area contributed by atoms with Crippen molar-refractivity contribution in [2.24, 2.45) is 0 Å². The summed E-state index contributed by atoms with van der Waals surface area (Å²) in [5.74, 6) is 0.135. The van der Waals surface area contributed by atoms with Gasteiger partial charge in [-0.25, -0.2) is 14.8 Å². The molecule has 1 aliphatic heterocycles. The van der Waals surface area contributed by atoms with Gasteiger partial charge in [-0.05, 0) is 51.0 Å².